The van der Waals surface area contributed by atoms with E-state index in [0.717, 1.165) is 4.90 Å². The van der Waals surface area contributed by atoms with Crippen molar-refractivity contribution >= 4 is 28.2 Å². The van der Waals surface area contributed by atoms with E-state index in [9.17, 15) is 22.8 Å². The van der Waals surface area contributed by atoms with E-state index in [-0.39, 0.29) is 19.5 Å². The number of carbonyl (C=O) groups excluding carboxylic acids is 3. The number of hydroxylamine groups is 2. The molecule has 1 aromatic rings. The standard InChI is InChI=1S/C12H16N6O7S/c19-10(6-16-4-3-13-7-16)14-15-11(20)9-2-1-8-5-17(9)12(21)18(8)25-26(22,23)24/h3-4,7-9H,1-2,5-6H2,(H,14,19)(H,15,20)(H,22,23,24). The molecule has 1 aromatic heterocycles. The Bertz CT molecular complexity index is 810. The molecule has 142 valence electrons. The predicted molar refractivity (Wildman–Crippen MR) is 81.9 cm³/mol. The van der Waals surface area contributed by atoms with E-state index in [1.165, 1.54) is 17.1 Å². The third-order valence-corrected chi connectivity index (χ3v) is 4.36. The average molecular weight is 388 g/mol. The van der Waals surface area contributed by atoms with Crippen LogP contribution in [0.1, 0.15) is 12.8 Å². The van der Waals surface area contributed by atoms with Crippen LogP contribution in [0, 0.1) is 0 Å². The summed E-state index contributed by atoms with van der Waals surface area (Å²) in [4.78, 5) is 41.1. The molecule has 0 spiro atoms. The number of urea groups is 1. The molecule has 0 radical (unpaired) electrons. The van der Waals surface area contributed by atoms with E-state index < -0.39 is 40.3 Å². The monoisotopic (exact) mass is 388 g/mol. The zero-order chi connectivity index (χ0) is 18.9. The summed E-state index contributed by atoms with van der Waals surface area (Å²) in [7, 11) is -4.85. The second kappa shape index (κ2) is 6.89. The Balaban J connectivity index is 1.56. The number of nitrogens with zero attached hydrogens (tertiary/aromatic N) is 4. The Hall–Kier alpha value is -2.71. The van der Waals surface area contributed by atoms with Gasteiger partial charge in [0.25, 0.3) is 11.8 Å². The highest BCUT2D eigenvalue weighted by atomic mass is 32.3. The second-order valence-corrected chi connectivity index (χ2v) is 6.79. The lowest BCUT2D eigenvalue weighted by atomic mass is 10.0. The molecular formula is C12H16N6O7S. The zero-order valence-corrected chi connectivity index (χ0v) is 14.1. The largest absolute Gasteiger partial charge is 0.418 e. The molecule has 14 heteroatoms. The highest BCUT2D eigenvalue weighted by Gasteiger charge is 2.49. The van der Waals surface area contributed by atoms with Gasteiger partial charge in [0.1, 0.15) is 12.6 Å². The number of rotatable bonds is 5. The molecule has 0 aliphatic carbocycles. The van der Waals surface area contributed by atoms with Crippen LogP contribution in [0.2, 0.25) is 0 Å². The predicted octanol–water partition coefficient (Wildman–Crippen LogP) is -1.97. The molecule has 4 amide bonds. The number of amides is 4. The van der Waals surface area contributed by atoms with Crippen molar-refractivity contribution in [1.29, 1.82) is 0 Å². The first-order valence-corrected chi connectivity index (χ1v) is 8.92. The van der Waals surface area contributed by atoms with Gasteiger partial charge in [-0.05, 0) is 12.8 Å². The fraction of sp³-hybridized carbons (Fsp3) is 0.500. The van der Waals surface area contributed by atoms with Crippen LogP contribution in [0.5, 0.6) is 0 Å². The quantitative estimate of drug-likeness (QED) is 0.386. The van der Waals surface area contributed by atoms with E-state index in [1.807, 2.05) is 0 Å². The molecule has 3 rings (SSSR count). The van der Waals surface area contributed by atoms with E-state index in [1.54, 1.807) is 6.20 Å². The van der Waals surface area contributed by atoms with Crippen LogP contribution in [0.4, 0.5) is 4.79 Å². The third kappa shape index (κ3) is 3.92. The third-order valence-electron chi connectivity index (χ3n) is 4.01. The number of hydrogen-bond acceptors (Lipinski definition) is 7. The van der Waals surface area contributed by atoms with Gasteiger partial charge in [-0.25, -0.2) is 9.78 Å². The Labute approximate surface area is 147 Å². The van der Waals surface area contributed by atoms with Crippen LogP contribution in [0.3, 0.4) is 0 Å². The van der Waals surface area contributed by atoms with E-state index in [0.29, 0.717) is 11.5 Å². The molecule has 0 aromatic carbocycles. The van der Waals surface area contributed by atoms with Crippen LogP contribution in [-0.2, 0) is 30.8 Å². The van der Waals surface area contributed by atoms with Gasteiger partial charge in [0.2, 0.25) is 0 Å². The second-order valence-electron chi connectivity index (χ2n) is 5.78. The van der Waals surface area contributed by atoms with Gasteiger partial charge in [-0.15, -0.1) is 4.28 Å². The van der Waals surface area contributed by atoms with E-state index in [2.05, 4.69) is 20.1 Å². The number of fused-ring (bicyclic) bond motifs is 2. The number of hydrogen-bond donors (Lipinski definition) is 3. The summed E-state index contributed by atoms with van der Waals surface area (Å²) in [6.45, 7) is 0.0149. The Morgan fingerprint density at radius 2 is 2.12 bits per heavy atom. The molecule has 2 fully saturated rings. The van der Waals surface area contributed by atoms with Gasteiger partial charge in [0.15, 0.2) is 0 Å². The summed E-state index contributed by atoms with van der Waals surface area (Å²) in [5.41, 5.74) is 4.47. The van der Waals surface area contributed by atoms with Crippen LogP contribution >= 0.6 is 0 Å². The van der Waals surface area contributed by atoms with Crippen molar-refractivity contribution in [2.75, 3.05) is 6.54 Å². The number of aromatic nitrogens is 2. The first-order chi connectivity index (χ1) is 12.2. The van der Waals surface area contributed by atoms with Gasteiger partial charge in [-0.3, -0.25) is 25.0 Å². The van der Waals surface area contributed by atoms with E-state index >= 15 is 0 Å². The Kier molecular flexibility index (Phi) is 4.80. The minimum Gasteiger partial charge on any atom is -0.328 e. The molecular weight excluding hydrogens is 372 g/mol. The summed E-state index contributed by atoms with van der Waals surface area (Å²) < 4.78 is 36.2. The lowest BCUT2D eigenvalue weighted by molar-refractivity contribution is -0.132. The van der Waals surface area contributed by atoms with Crippen molar-refractivity contribution in [1.82, 2.24) is 30.4 Å². The SMILES string of the molecule is O=C(Cn1ccnc1)NNC(=O)C1CCC2CN1C(=O)N2OS(=O)(=O)O. The van der Waals surface area contributed by atoms with Crippen molar-refractivity contribution in [3.8, 4) is 0 Å². The lowest BCUT2D eigenvalue weighted by Crippen LogP contribution is -2.54. The minimum absolute atomic E-state index is 0.0500. The number of nitrogens with one attached hydrogen (secondary N) is 2. The average Bonchev–Trinajstić information content (AvgIpc) is 3.15. The summed E-state index contributed by atoms with van der Waals surface area (Å²) in [5, 5.41) is 0.542. The van der Waals surface area contributed by atoms with Crippen molar-refractivity contribution in [2.24, 2.45) is 0 Å². The minimum atomic E-state index is -4.85. The van der Waals surface area contributed by atoms with Gasteiger partial charge >= 0.3 is 16.4 Å². The Morgan fingerprint density at radius 3 is 2.77 bits per heavy atom. The first-order valence-electron chi connectivity index (χ1n) is 7.56. The molecule has 3 heterocycles. The van der Waals surface area contributed by atoms with Gasteiger partial charge in [-0.2, -0.15) is 13.5 Å². The maximum absolute atomic E-state index is 12.3. The first kappa shape index (κ1) is 18.1. The molecule has 2 aliphatic heterocycles. The van der Waals surface area contributed by atoms with Crippen LogP contribution in [0.15, 0.2) is 18.7 Å². The topological polar surface area (TPSA) is 163 Å². The number of carbonyl (C=O) groups is 3. The number of piperidine rings is 1. The molecule has 2 atom stereocenters. The van der Waals surface area contributed by atoms with Crippen LogP contribution < -0.4 is 10.9 Å². The van der Waals surface area contributed by atoms with Crippen LogP contribution in [-0.4, -0.2) is 69.0 Å². The summed E-state index contributed by atoms with van der Waals surface area (Å²) >= 11 is 0. The zero-order valence-electron chi connectivity index (χ0n) is 13.3. The molecule has 13 nitrogen and oxygen atoms in total. The molecule has 2 unspecified atom stereocenters. The molecule has 3 N–H and O–H groups in total. The van der Waals surface area contributed by atoms with Gasteiger partial charge in [-0.1, -0.05) is 0 Å². The molecule has 0 saturated carbocycles. The van der Waals surface area contributed by atoms with Crippen molar-refractivity contribution < 1.29 is 31.6 Å². The highest BCUT2D eigenvalue weighted by molar-refractivity contribution is 7.80. The maximum atomic E-state index is 12.3. The lowest BCUT2D eigenvalue weighted by Gasteiger charge is -2.29. The van der Waals surface area contributed by atoms with Gasteiger partial charge in [0, 0.05) is 18.9 Å². The number of imidazole rings is 1. The van der Waals surface area contributed by atoms with Crippen molar-refractivity contribution in [3.05, 3.63) is 18.7 Å². The number of hydrazine groups is 1. The smallest absolute Gasteiger partial charge is 0.328 e. The normalized spacial score (nSPS) is 22.4. The van der Waals surface area contributed by atoms with Crippen molar-refractivity contribution in [2.45, 2.75) is 31.5 Å². The fourth-order valence-electron chi connectivity index (χ4n) is 2.90. The summed E-state index contributed by atoms with van der Waals surface area (Å²) in [6.07, 6.45) is 5.05. The molecule has 2 bridgehead atoms. The van der Waals surface area contributed by atoms with Crippen LogP contribution in [0.25, 0.3) is 0 Å². The van der Waals surface area contributed by atoms with Crippen molar-refractivity contribution in [3.63, 3.8) is 0 Å². The fourth-order valence-corrected chi connectivity index (χ4v) is 3.29. The highest BCUT2D eigenvalue weighted by Crippen LogP contribution is 2.30. The Morgan fingerprint density at radius 1 is 1.35 bits per heavy atom. The molecule has 2 saturated heterocycles. The molecule has 2 aliphatic rings. The molecule has 26 heavy (non-hydrogen) atoms. The maximum Gasteiger partial charge on any atom is 0.418 e. The van der Waals surface area contributed by atoms with Gasteiger partial charge in [0.05, 0.1) is 12.4 Å². The van der Waals surface area contributed by atoms with E-state index in [4.69, 9.17) is 4.55 Å². The summed E-state index contributed by atoms with van der Waals surface area (Å²) in [5.74, 6) is -1.11. The van der Waals surface area contributed by atoms with Gasteiger partial charge < -0.3 is 9.47 Å². The summed E-state index contributed by atoms with van der Waals surface area (Å²) in [6, 6.07) is -2.35.